The van der Waals surface area contributed by atoms with Crippen molar-refractivity contribution in [3.63, 3.8) is 0 Å². The van der Waals surface area contributed by atoms with E-state index in [1.807, 2.05) is 13.0 Å². The molecular formula is C79H110N14O23. The topological polar surface area (TPSA) is 425 Å². The number of carbonyl (C=O) groups excluding carboxylic acids is 18. The molecule has 3 saturated carbocycles. The highest BCUT2D eigenvalue weighted by Crippen LogP contribution is 2.72. The predicted octanol–water partition coefficient (Wildman–Crippen LogP) is -2.01. The number of likely N-dealkylation sites (N-methyl/N-ethyl adjacent to an activating group) is 10. The zero-order valence-electron chi connectivity index (χ0n) is 68.8. The van der Waals surface area contributed by atoms with E-state index in [4.69, 9.17) is 23.7 Å². The summed E-state index contributed by atoms with van der Waals surface area (Å²) in [6.45, 7) is 3.17. The van der Waals surface area contributed by atoms with Gasteiger partial charge in [0.1, 0.15) is 42.6 Å². The first-order valence-electron chi connectivity index (χ1n) is 38.7. The molecule has 1 spiro atoms. The fourth-order valence-electron chi connectivity index (χ4n) is 16.0. The second kappa shape index (κ2) is 38.9. The minimum Gasteiger partial charge on any atom is -0.493 e. The first-order chi connectivity index (χ1) is 54.6. The largest absolute Gasteiger partial charge is 0.493 e. The third-order valence-electron chi connectivity index (χ3n) is 22.8. The van der Waals surface area contributed by atoms with Gasteiger partial charge in [0.2, 0.25) is 76.8 Å². The number of amides is 15. The number of hydrogen-bond acceptors (Lipinski definition) is 23. The van der Waals surface area contributed by atoms with Crippen molar-refractivity contribution in [2.24, 2.45) is 23.2 Å². The third kappa shape index (κ3) is 21.1. The Labute approximate surface area is 673 Å². The number of imide groups is 1. The molecule has 8 rings (SSSR count). The normalized spacial score (nSPS) is 22.8. The van der Waals surface area contributed by atoms with E-state index in [-0.39, 0.29) is 105 Å². The molecule has 7 aliphatic rings. The van der Waals surface area contributed by atoms with Crippen LogP contribution in [0.4, 0.5) is 5.69 Å². The summed E-state index contributed by atoms with van der Waals surface area (Å²) in [5, 5.41) is 7.82. The number of carbonyl (C=O) groups is 18. The van der Waals surface area contributed by atoms with Gasteiger partial charge in [-0.3, -0.25) is 86.3 Å². The number of nitrogens with zero attached hydrogens (tertiary/aromatic N) is 11. The van der Waals surface area contributed by atoms with E-state index in [1.54, 1.807) is 18.2 Å². The first kappa shape index (κ1) is 90.9. The molecule has 1 aromatic carbocycles. The van der Waals surface area contributed by atoms with Crippen LogP contribution in [0.1, 0.15) is 98.0 Å². The van der Waals surface area contributed by atoms with Crippen LogP contribution >= 0.6 is 0 Å². The van der Waals surface area contributed by atoms with E-state index in [2.05, 4.69) is 22.9 Å². The summed E-state index contributed by atoms with van der Waals surface area (Å²) in [5.74, 6) is -9.12. The van der Waals surface area contributed by atoms with Gasteiger partial charge in [-0.2, -0.15) is 0 Å². The summed E-state index contributed by atoms with van der Waals surface area (Å²) < 4.78 is 32.0. The molecule has 37 heteroatoms. The van der Waals surface area contributed by atoms with Crippen LogP contribution in [-0.4, -0.2) is 353 Å². The molecule has 116 heavy (non-hydrogen) atoms. The van der Waals surface area contributed by atoms with E-state index in [1.165, 1.54) is 108 Å². The number of ether oxygens (including phenoxy) is 5. The molecule has 0 bridgehead atoms. The van der Waals surface area contributed by atoms with E-state index in [0.29, 0.717) is 24.8 Å². The zero-order valence-corrected chi connectivity index (χ0v) is 68.8. The monoisotopic (exact) mass is 1620 g/mol. The Morgan fingerprint density at radius 1 is 0.595 bits per heavy atom. The Morgan fingerprint density at radius 2 is 1.07 bits per heavy atom. The number of allylic oxidation sites excluding steroid dienone is 2. The zero-order chi connectivity index (χ0) is 85.7. The molecule has 2 saturated heterocycles. The molecule has 634 valence electrons. The molecule has 37 nitrogen and oxygen atoms in total. The van der Waals surface area contributed by atoms with Gasteiger partial charge in [0.25, 0.3) is 11.8 Å². The van der Waals surface area contributed by atoms with Crippen LogP contribution in [0.25, 0.3) is 0 Å². The van der Waals surface area contributed by atoms with Crippen LogP contribution < -0.4 is 25.6 Å². The fourth-order valence-corrected chi connectivity index (χ4v) is 16.0. The molecule has 3 heterocycles. The van der Waals surface area contributed by atoms with Crippen LogP contribution in [0.15, 0.2) is 54.2 Å². The average Bonchev–Trinajstić information content (AvgIpc) is 1.42. The van der Waals surface area contributed by atoms with Gasteiger partial charge in [0, 0.05) is 113 Å². The molecule has 15 amide bonds. The van der Waals surface area contributed by atoms with Crippen molar-refractivity contribution in [1.82, 2.24) is 64.9 Å². The Morgan fingerprint density at radius 3 is 1.55 bits per heavy atom. The summed E-state index contributed by atoms with van der Waals surface area (Å²) in [6, 6.07) is 2.28. The van der Waals surface area contributed by atoms with Crippen LogP contribution in [0.3, 0.4) is 0 Å². The Bertz CT molecular complexity index is 4130. The van der Waals surface area contributed by atoms with Gasteiger partial charge in [0.15, 0.2) is 23.5 Å². The van der Waals surface area contributed by atoms with Gasteiger partial charge in [-0.25, -0.2) is 4.90 Å². The quantitative estimate of drug-likeness (QED) is 0.0363. The lowest BCUT2D eigenvalue weighted by Gasteiger charge is -2.68. The second-order valence-corrected chi connectivity index (χ2v) is 31.5. The number of anilines is 1. The Hall–Kier alpha value is -10.7. The van der Waals surface area contributed by atoms with Crippen LogP contribution in [-0.2, 0) is 112 Å². The van der Waals surface area contributed by atoms with Crippen LogP contribution in [0, 0.1) is 23.2 Å². The number of rotatable bonds is 40. The van der Waals surface area contributed by atoms with Crippen molar-refractivity contribution in [3.05, 3.63) is 59.7 Å². The van der Waals surface area contributed by atoms with E-state index in [0.717, 1.165) is 86.0 Å². The van der Waals surface area contributed by atoms with Crippen molar-refractivity contribution >= 4 is 112 Å². The van der Waals surface area contributed by atoms with E-state index < -0.39 is 189 Å². The minimum absolute atomic E-state index is 0.0361. The SMILES string of the molecule is CCC[C@@H]1O[C@@H]2C[C@H]3[C@@H]4CCC5=CC(=O)C=C[C@@]56O[C@@H](C[C@]3(C)[C@]2(C(=O)COCNC(=O)[C@H](C)NC(=O)[C@H](C)NC(=O)CCc2ccc(N3C(=O)C=CC3=O)cc2OCCCC(=O)N(C)CC(=O)N(C)CC(=O)N(C)CC(=O)N(C)CC(=O)N(C)CC(=O)N(C)CC(=O)N(C)CC(=O)N(C)CC(=O)N(C)CC(=O)N(C)CC(C)=O)O1)[C@@H]46. The molecule has 4 aliphatic carbocycles. The van der Waals surface area contributed by atoms with Gasteiger partial charge in [0.05, 0.1) is 89.9 Å². The van der Waals surface area contributed by atoms with Crippen molar-refractivity contribution in [3.8, 4) is 5.75 Å². The van der Waals surface area contributed by atoms with Crippen molar-refractivity contribution in [1.29, 1.82) is 0 Å². The standard InChI is InChI=1S/C79H110N14O23/c1-16-18-73-114-59-33-55-54-24-22-51-31-53(95)28-29-78(51)74(54)57(115-78)34-77(55,5)79(59,116-73)58(96)45-112-46-80-75(110)48(3)82-76(111)49(4)81-60(97)25-21-50-20-23-52(93-62(99)26-27-63(93)100)32-56(50)113-30-17-19-61(98)84(7)36-65(102)86(9)38-67(104)88(11)40-69(106)90(13)42-71(108)92(15)44-72(109)91(14)43-70(107)89(12)41-68(105)87(10)39-66(103)85(8)37-64(101)83(6)35-47(2)94/h20,23,26-29,31-32,48-49,54-55,57,59,73-74H,16-19,21-22,24-25,30,33-46H2,1-15H3,(H,80,110)(H,81,97)(H,82,111)/t48-,49-,54-,55-,57-,59+,73+,74+,77-,78+,79+/m0/s1. The maximum Gasteiger partial charge on any atom is 0.258 e. The predicted molar refractivity (Wildman–Crippen MR) is 412 cm³/mol. The number of hydrogen-bond donors (Lipinski definition) is 3. The minimum atomic E-state index is -1.32. The summed E-state index contributed by atoms with van der Waals surface area (Å²) in [4.78, 5) is 246. The molecule has 1 aromatic rings. The fraction of sp³-hybridized carbons (Fsp3) is 0.620. The first-order valence-corrected chi connectivity index (χ1v) is 38.7. The third-order valence-corrected chi connectivity index (χ3v) is 22.8. The summed E-state index contributed by atoms with van der Waals surface area (Å²) >= 11 is 0. The van der Waals surface area contributed by atoms with Crippen molar-refractivity contribution in [2.45, 2.75) is 141 Å². The summed E-state index contributed by atoms with van der Waals surface area (Å²) in [5.41, 5.74) is -0.936. The Kier molecular flexibility index (Phi) is 30.4. The van der Waals surface area contributed by atoms with Crippen LogP contribution in [0.5, 0.6) is 5.75 Å². The molecular weight excluding hydrogens is 1510 g/mol. The molecule has 0 aromatic heterocycles. The maximum absolute atomic E-state index is 14.7. The van der Waals surface area contributed by atoms with Gasteiger partial charge in [-0.15, -0.1) is 0 Å². The average molecular weight is 1620 g/mol. The molecule has 11 atom stereocenters. The lowest BCUT2D eigenvalue weighted by molar-refractivity contribution is -0.300. The van der Waals surface area contributed by atoms with Crippen LogP contribution in [0.2, 0.25) is 0 Å². The van der Waals surface area contributed by atoms with Gasteiger partial charge in [-0.1, -0.05) is 26.3 Å². The highest BCUT2D eigenvalue weighted by molar-refractivity contribution is 6.28. The van der Waals surface area contributed by atoms with Crippen molar-refractivity contribution in [2.75, 3.05) is 161 Å². The Balaban J connectivity index is 0.716. The highest BCUT2D eigenvalue weighted by Gasteiger charge is 2.79. The molecule has 0 radical (unpaired) electrons. The lowest BCUT2D eigenvalue weighted by atomic mass is 9.46. The van der Waals surface area contributed by atoms with E-state index in [9.17, 15) is 86.3 Å². The smallest absolute Gasteiger partial charge is 0.258 e. The maximum atomic E-state index is 14.7. The second-order valence-electron chi connectivity index (χ2n) is 31.5. The number of nitrogens with one attached hydrogen (secondary N) is 3. The number of fused-ring (bicyclic) bond motifs is 4. The highest BCUT2D eigenvalue weighted by atomic mass is 16.7. The number of Topliss-reactive ketones (excluding diaryl/α,β-unsaturated/α-hetero) is 2. The molecule has 5 fully saturated rings. The van der Waals surface area contributed by atoms with Gasteiger partial charge >= 0.3 is 0 Å². The number of benzene rings is 1. The molecule has 0 unspecified atom stereocenters. The molecule has 3 N–H and O–H groups in total. The van der Waals surface area contributed by atoms with E-state index >= 15 is 0 Å². The summed E-state index contributed by atoms with van der Waals surface area (Å²) in [6.07, 6.45) is 10.1. The lowest BCUT2D eigenvalue weighted by Crippen LogP contribution is -2.72. The number of aryl methyl sites for hydroxylation is 1. The number of ketones is 3. The molecule has 3 aliphatic heterocycles. The van der Waals surface area contributed by atoms with Gasteiger partial charge < -0.3 is 88.6 Å². The van der Waals surface area contributed by atoms with Gasteiger partial charge in [-0.05, 0) is 113 Å². The summed E-state index contributed by atoms with van der Waals surface area (Å²) in [7, 11) is 13.4. The van der Waals surface area contributed by atoms with Crippen molar-refractivity contribution < 1.29 is 110 Å².